The third-order valence-corrected chi connectivity index (χ3v) is 8.44. The van der Waals surface area contributed by atoms with Gasteiger partial charge in [0.2, 0.25) is 11.8 Å². The van der Waals surface area contributed by atoms with E-state index < -0.39 is 11.6 Å². The van der Waals surface area contributed by atoms with E-state index in [1.807, 2.05) is 36.4 Å². The molecule has 0 heterocycles. The molecular formula is C33H47N3O2. The monoisotopic (exact) mass is 517 g/mol. The van der Waals surface area contributed by atoms with Crippen LogP contribution >= 0.6 is 0 Å². The van der Waals surface area contributed by atoms with Crippen molar-refractivity contribution < 1.29 is 9.59 Å². The first-order valence-corrected chi connectivity index (χ1v) is 14.9. The van der Waals surface area contributed by atoms with E-state index in [4.69, 9.17) is 0 Å². The predicted molar refractivity (Wildman–Crippen MR) is 155 cm³/mol. The fourth-order valence-corrected chi connectivity index (χ4v) is 6.32. The summed E-state index contributed by atoms with van der Waals surface area (Å²) < 4.78 is 0. The van der Waals surface area contributed by atoms with Gasteiger partial charge in [0, 0.05) is 18.5 Å². The Kier molecular flexibility index (Phi) is 10.4. The van der Waals surface area contributed by atoms with E-state index in [0.29, 0.717) is 18.9 Å². The molecule has 0 spiro atoms. The Balaban J connectivity index is 1.49. The smallest absolute Gasteiger partial charge is 0.240 e. The number of hydrogen-bond acceptors (Lipinski definition) is 3. The van der Waals surface area contributed by atoms with Crippen LogP contribution in [0.4, 0.5) is 0 Å². The standard InChI is InChI=1S/C33H47N3O2/c1-25(2)23-30(36-33(21-13-6-14-22-33)32(38)35-28-19-11-5-12-20-28)31(37)34-24-29(26-15-7-3-8-16-26)27-17-9-4-10-18-27/h3-4,7-10,15-18,25,28-30,36H,5-6,11-14,19-24H2,1-2H3,(H,34,37)(H,35,38)/t30-/m0/s1. The van der Waals surface area contributed by atoms with E-state index in [1.54, 1.807) is 0 Å². The fourth-order valence-electron chi connectivity index (χ4n) is 6.32. The molecule has 38 heavy (non-hydrogen) atoms. The maximum atomic E-state index is 13.8. The van der Waals surface area contributed by atoms with Gasteiger partial charge < -0.3 is 10.6 Å². The van der Waals surface area contributed by atoms with Crippen molar-refractivity contribution in [2.24, 2.45) is 5.92 Å². The molecule has 2 aromatic carbocycles. The Morgan fingerprint density at radius 3 is 1.92 bits per heavy atom. The lowest BCUT2D eigenvalue weighted by Gasteiger charge is -2.41. The molecule has 2 saturated carbocycles. The number of carbonyl (C=O) groups excluding carboxylic acids is 2. The van der Waals surface area contributed by atoms with E-state index >= 15 is 0 Å². The van der Waals surface area contributed by atoms with Gasteiger partial charge in [-0.3, -0.25) is 14.9 Å². The van der Waals surface area contributed by atoms with Crippen LogP contribution in [0.25, 0.3) is 0 Å². The van der Waals surface area contributed by atoms with Crippen molar-refractivity contribution in [1.82, 2.24) is 16.0 Å². The second kappa shape index (κ2) is 13.9. The van der Waals surface area contributed by atoms with Gasteiger partial charge in [0.15, 0.2) is 0 Å². The third kappa shape index (κ3) is 7.69. The zero-order chi connectivity index (χ0) is 26.8. The van der Waals surface area contributed by atoms with Gasteiger partial charge in [-0.1, -0.05) is 113 Å². The molecule has 2 aromatic rings. The first-order valence-electron chi connectivity index (χ1n) is 14.9. The number of rotatable bonds is 11. The fraction of sp³-hybridized carbons (Fsp3) is 0.576. The highest BCUT2D eigenvalue weighted by Gasteiger charge is 2.43. The average Bonchev–Trinajstić information content (AvgIpc) is 2.94. The van der Waals surface area contributed by atoms with Gasteiger partial charge in [0.1, 0.15) is 0 Å². The van der Waals surface area contributed by atoms with Crippen molar-refractivity contribution in [3.8, 4) is 0 Å². The van der Waals surface area contributed by atoms with Crippen molar-refractivity contribution in [2.45, 2.75) is 108 Å². The summed E-state index contributed by atoms with van der Waals surface area (Å²) in [7, 11) is 0. The lowest BCUT2D eigenvalue weighted by molar-refractivity contribution is -0.132. The van der Waals surface area contributed by atoms with Crippen LogP contribution in [-0.2, 0) is 9.59 Å². The highest BCUT2D eigenvalue weighted by molar-refractivity contribution is 5.89. The molecule has 2 aliphatic carbocycles. The largest absolute Gasteiger partial charge is 0.354 e. The van der Waals surface area contributed by atoms with Crippen LogP contribution in [0.1, 0.15) is 102 Å². The Labute approximate surface area is 229 Å². The van der Waals surface area contributed by atoms with Crippen LogP contribution in [0.3, 0.4) is 0 Å². The molecule has 1 atom stereocenters. The molecule has 0 saturated heterocycles. The number of carbonyl (C=O) groups is 2. The second-order valence-corrected chi connectivity index (χ2v) is 11.9. The number of nitrogens with one attached hydrogen (secondary N) is 3. The van der Waals surface area contributed by atoms with E-state index in [0.717, 1.165) is 44.9 Å². The SMILES string of the molecule is CC(C)C[C@H](NC1(C(=O)NC2CCCCC2)CCCCC1)C(=O)NCC(c1ccccc1)c1ccccc1. The molecule has 5 heteroatoms. The van der Waals surface area contributed by atoms with Gasteiger partial charge in [-0.05, 0) is 49.1 Å². The summed E-state index contributed by atoms with van der Waals surface area (Å²) in [5.41, 5.74) is 1.70. The maximum absolute atomic E-state index is 13.8. The minimum absolute atomic E-state index is 0.00835. The van der Waals surface area contributed by atoms with E-state index in [9.17, 15) is 9.59 Å². The van der Waals surface area contributed by atoms with Crippen LogP contribution in [-0.4, -0.2) is 36.0 Å². The van der Waals surface area contributed by atoms with Gasteiger partial charge in [-0.25, -0.2) is 0 Å². The topological polar surface area (TPSA) is 70.2 Å². The lowest BCUT2D eigenvalue weighted by atomic mass is 9.79. The van der Waals surface area contributed by atoms with Crippen LogP contribution in [0.5, 0.6) is 0 Å². The average molecular weight is 518 g/mol. The summed E-state index contributed by atoms with van der Waals surface area (Å²) in [6.07, 6.45) is 11.3. The Hall–Kier alpha value is -2.66. The lowest BCUT2D eigenvalue weighted by Crippen LogP contribution is -2.64. The third-order valence-electron chi connectivity index (χ3n) is 8.44. The van der Waals surface area contributed by atoms with Crippen molar-refractivity contribution in [1.29, 1.82) is 0 Å². The van der Waals surface area contributed by atoms with Gasteiger partial charge in [-0.2, -0.15) is 0 Å². The van der Waals surface area contributed by atoms with Gasteiger partial charge in [-0.15, -0.1) is 0 Å². The maximum Gasteiger partial charge on any atom is 0.240 e. The quantitative estimate of drug-likeness (QED) is 0.338. The Morgan fingerprint density at radius 1 is 0.816 bits per heavy atom. The van der Waals surface area contributed by atoms with Gasteiger partial charge in [0.25, 0.3) is 0 Å². The Morgan fingerprint density at radius 2 is 1.37 bits per heavy atom. The minimum atomic E-state index is -0.662. The highest BCUT2D eigenvalue weighted by atomic mass is 16.2. The summed E-state index contributed by atoms with van der Waals surface area (Å²) in [4.78, 5) is 27.5. The molecule has 0 aliphatic heterocycles. The molecule has 5 nitrogen and oxygen atoms in total. The van der Waals surface area contributed by atoms with Crippen LogP contribution in [0.2, 0.25) is 0 Å². The molecule has 2 amide bonds. The molecule has 2 aliphatic rings. The van der Waals surface area contributed by atoms with E-state index in [2.05, 4.69) is 54.1 Å². The molecule has 2 fully saturated rings. The molecule has 0 unspecified atom stereocenters. The number of amides is 2. The molecule has 0 aromatic heterocycles. The summed E-state index contributed by atoms with van der Waals surface area (Å²) in [6, 6.07) is 20.6. The molecule has 0 radical (unpaired) electrons. The van der Waals surface area contributed by atoms with Crippen molar-refractivity contribution in [3.63, 3.8) is 0 Å². The predicted octanol–water partition coefficient (Wildman–Crippen LogP) is 6.09. The summed E-state index contributed by atoms with van der Waals surface area (Å²) in [6.45, 7) is 4.81. The zero-order valence-corrected chi connectivity index (χ0v) is 23.4. The summed E-state index contributed by atoms with van der Waals surface area (Å²) in [5, 5.41) is 10.3. The zero-order valence-electron chi connectivity index (χ0n) is 23.4. The van der Waals surface area contributed by atoms with E-state index in [-0.39, 0.29) is 23.8 Å². The molecule has 206 valence electrons. The van der Waals surface area contributed by atoms with Gasteiger partial charge >= 0.3 is 0 Å². The van der Waals surface area contributed by atoms with Crippen LogP contribution in [0, 0.1) is 5.92 Å². The van der Waals surface area contributed by atoms with Gasteiger partial charge in [0.05, 0.1) is 11.6 Å². The van der Waals surface area contributed by atoms with Crippen molar-refractivity contribution in [2.75, 3.05) is 6.54 Å². The minimum Gasteiger partial charge on any atom is -0.354 e. The summed E-state index contributed by atoms with van der Waals surface area (Å²) in [5.74, 6) is 0.502. The van der Waals surface area contributed by atoms with Crippen LogP contribution in [0.15, 0.2) is 60.7 Å². The number of benzene rings is 2. The molecular weight excluding hydrogens is 470 g/mol. The highest BCUT2D eigenvalue weighted by Crippen LogP contribution is 2.31. The van der Waals surface area contributed by atoms with Crippen molar-refractivity contribution >= 4 is 11.8 Å². The molecule has 3 N–H and O–H groups in total. The van der Waals surface area contributed by atoms with E-state index in [1.165, 1.54) is 30.4 Å². The second-order valence-electron chi connectivity index (χ2n) is 11.9. The number of hydrogen-bond donors (Lipinski definition) is 3. The van der Waals surface area contributed by atoms with Crippen molar-refractivity contribution in [3.05, 3.63) is 71.8 Å². The molecule has 0 bridgehead atoms. The summed E-state index contributed by atoms with van der Waals surface area (Å²) >= 11 is 0. The first kappa shape index (κ1) is 28.4. The normalized spacial score (nSPS) is 18.7. The van der Waals surface area contributed by atoms with Crippen LogP contribution < -0.4 is 16.0 Å². The Bertz CT molecular complexity index is 956. The first-order chi connectivity index (χ1) is 18.5. The molecule has 4 rings (SSSR count).